The molecule has 84 valence electrons. The van der Waals surface area contributed by atoms with E-state index in [2.05, 4.69) is 20.2 Å². The van der Waals surface area contributed by atoms with E-state index in [1.807, 2.05) is 0 Å². The van der Waals surface area contributed by atoms with Crippen LogP contribution in [0, 0.1) is 6.92 Å². The summed E-state index contributed by atoms with van der Waals surface area (Å²) < 4.78 is 1.36. The second-order valence-corrected chi connectivity index (χ2v) is 4.26. The lowest BCUT2D eigenvalue weighted by atomic mass is 10.7. The first-order valence-corrected chi connectivity index (χ1v) is 5.40. The summed E-state index contributed by atoms with van der Waals surface area (Å²) in [5.41, 5.74) is 5.46. The fourth-order valence-electron chi connectivity index (χ4n) is 0.979. The number of hydrogen-bond donors (Lipinski definition) is 2. The van der Waals surface area contributed by atoms with Crippen LogP contribution in [0.2, 0.25) is 5.15 Å². The Bertz CT molecular complexity index is 505. The van der Waals surface area contributed by atoms with E-state index in [0.717, 1.165) is 0 Å². The smallest absolute Gasteiger partial charge is 0.222 e. The maximum absolute atomic E-state index is 5.74. The van der Waals surface area contributed by atoms with Gasteiger partial charge in [0.1, 0.15) is 16.0 Å². The molecular formula is C7H8ClN7S. The number of aromatic nitrogens is 5. The Kier molecular flexibility index (Phi) is 2.84. The Balaban J connectivity index is 2.30. The molecule has 0 bridgehead atoms. The van der Waals surface area contributed by atoms with Crippen LogP contribution < -0.4 is 11.6 Å². The third-order valence-corrected chi connectivity index (χ3v) is 2.79. The van der Waals surface area contributed by atoms with Gasteiger partial charge < -0.3 is 11.6 Å². The minimum Gasteiger partial charge on any atom is -0.368 e. The third-order valence-electron chi connectivity index (χ3n) is 1.72. The molecule has 2 aromatic heterocycles. The minimum absolute atomic E-state index is 0.106. The molecule has 2 rings (SSSR count). The molecule has 0 radical (unpaired) electrons. The summed E-state index contributed by atoms with van der Waals surface area (Å²) in [5, 5.41) is 9.04. The lowest BCUT2D eigenvalue weighted by Gasteiger charge is -2.01. The minimum atomic E-state index is 0.106. The molecule has 7 nitrogen and oxygen atoms in total. The van der Waals surface area contributed by atoms with Crippen LogP contribution in [0.3, 0.4) is 0 Å². The molecule has 0 saturated carbocycles. The fourth-order valence-corrected chi connectivity index (χ4v) is 2.04. The predicted octanol–water partition coefficient (Wildman–Crippen LogP) is 0.477. The van der Waals surface area contributed by atoms with Gasteiger partial charge in [-0.1, -0.05) is 11.6 Å². The van der Waals surface area contributed by atoms with Crippen molar-refractivity contribution in [1.29, 1.82) is 0 Å². The Morgan fingerprint density at radius 3 is 2.69 bits per heavy atom. The maximum atomic E-state index is 5.74. The van der Waals surface area contributed by atoms with Crippen molar-refractivity contribution in [2.24, 2.45) is 0 Å². The highest BCUT2D eigenvalue weighted by molar-refractivity contribution is 7.99. The van der Waals surface area contributed by atoms with E-state index in [9.17, 15) is 0 Å². The molecule has 0 aromatic carbocycles. The first-order valence-electron chi connectivity index (χ1n) is 4.21. The second-order valence-electron chi connectivity index (χ2n) is 2.89. The maximum Gasteiger partial charge on any atom is 0.222 e. The van der Waals surface area contributed by atoms with Crippen LogP contribution in [0.4, 0.5) is 5.95 Å². The Morgan fingerprint density at radius 2 is 2.12 bits per heavy atom. The average molecular weight is 258 g/mol. The van der Waals surface area contributed by atoms with Gasteiger partial charge in [-0.3, -0.25) is 0 Å². The molecule has 0 aliphatic rings. The first kappa shape index (κ1) is 11.0. The second kappa shape index (κ2) is 4.14. The summed E-state index contributed by atoms with van der Waals surface area (Å²) in [7, 11) is 0. The standard InChI is InChI=1S/C7H8ClN7S/c1-3-13-14-7(15(3)10)16-5-2-4(8)11-6(9)12-5/h2H,10H2,1H3,(H2,9,11,12). The lowest BCUT2D eigenvalue weighted by molar-refractivity contribution is 0.823. The van der Waals surface area contributed by atoms with E-state index in [1.54, 1.807) is 13.0 Å². The van der Waals surface area contributed by atoms with Crippen LogP contribution in [0.25, 0.3) is 0 Å². The monoisotopic (exact) mass is 257 g/mol. The van der Waals surface area contributed by atoms with Gasteiger partial charge in [-0.05, 0) is 18.7 Å². The summed E-state index contributed by atoms with van der Waals surface area (Å²) in [6.45, 7) is 1.75. The van der Waals surface area contributed by atoms with Gasteiger partial charge in [0.05, 0.1) is 0 Å². The van der Waals surface area contributed by atoms with Crippen molar-refractivity contribution in [2.45, 2.75) is 17.1 Å². The van der Waals surface area contributed by atoms with Gasteiger partial charge in [0, 0.05) is 6.07 Å². The van der Waals surface area contributed by atoms with Crippen molar-refractivity contribution >= 4 is 29.3 Å². The quantitative estimate of drug-likeness (QED) is 0.595. The summed E-state index contributed by atoms with van der Waals surface area (Å²) >= 11 is 6.95. The third kappa shape index (κ3) is 2.17. The number of nitrogen functional groups attached to an aromatic ring is 2. The van der Waals surface area contributed by atoms with Crippen LogP contribution in [0.1, 0.15) is 5.82 Å². The molecule has 16 heavy (non-hydrogen) atoms. The zero-order valence-corrected chi connectivity index (χ0v) is 9.83. The molecular weight excluding hydrogens is 250 g/mol. The SMILES string of the molecule is Cc1nnc(Sc2cc(Cl)nc(N)n2)n1N. The van der Waals surface area contributed by atoms with Crippen LogP contribution in [0.5, 0.6) is 0 Å². The summed E-state index contributed by atoms with van der Waals surface area (Å²) in [4.78, 5) is 7.74. The molecule has 4 N–H and O–H groups in total. The number of halogens is 1. The molecule has 0 aliphatic heterocycles. The fraction of sp³-hybridized carbons (Fsp3) is 0.143. The molecule has 0 saturated heterocycles. The zero-order chi connectivity index (χ0) is 11.7. The van der Waals surface area contributed by atoms with Crippen molar-refractivity contribution in [1.82, 2.24) is 24.8 Å². The van der Waals surface area contributed by atoms with Gasteiger partial charge in [-0.15, -0.1) is 10.2 Å². The normalized spacial score (nSPS) is 10.6. The topological polar surface area (TPSA) is 109 Å². The average Bonchev–Trinajstić information content (AvgIpc) is 2.48. The Morgan fingerprint density at radius 1 is 1.38 bits per heavy atom. The Labute approximate surface area is 100 Å². The number of nitrogens with two attached hydrogens (primary N) is 2. The van der Waals surface area contributed by atoms with E-state index in [-0.39, 0.29) is 11.1 Å². The molecule has 2 heterocycles. The van der Waals surface area contributed by atoms with Crippen LogP contribution in [-0.2, 0) is 0 Å². The van der Waals surface area contributed by atoms with E-state index < -0.39 is 0 Å². The van der Waals surface area contributed by atoms with Gasteiger partial charge >= 0.3 is 0 Å². The number of anilines is 1. The molecule has 0 atom stereocenters. The number of rotatable bonds is 2. The van der Waals surface area contributed by atoms with Crippen molar-refractivity contribution < 1.29 is 0 Å². The van der Waals surface area contributed by atoms with Crippen molar-refractivity contribution in [3.63, 3.8) is 0 Å². The van der Waals surface area contributed by atoms with Gasteiger partial charge in [-0.2, -0.15) is 0 Å². The van der Waals surface area contributed by atoms with Crippen LogP contribution in [-0.4, -0.2) is 24.8 Å². The molecule has 0 spiro atoms. The highest BCUT2D eigenvalue weighted by Crippen LogP contribution is 2.25. The largest absolute Gasteiger partial charge is 0.368 e. The molecule has 9 heteroatoms. The van der Waals surface area contributed by atoms with E-state index >= 15 is 0 Å². The summed E-state index contributed by atoms with van der Waals surface area (Å²) in [6.07, 6.45) is 0. The van der Waals surface area contributed by atoms with Crippen LogP contribution >= 0.6 is 23.4 Å². The van der Waals surface area contributed by atoms with Crippen molar-refractivity contribution in [2.75, 3.05) is 11.6 Å². The molecule has 0 aliphatic carbocycles. The number of aryl methyl sites for hydroxylation is 1. The summed E-state index contributed by atoms with van der Waals surface area (Å²) in [5.74, 6) is 6.40. The van der Waals surface area contributed by atoms with Crippen LogP contribution in [0.15, 0.2) is 16.2 Å². The zero-order valence-electron chi connectivity index (χ0n) is 8.25. The highest BCUT2D eigenvalue weighted by Gasteiger charge is 2.10. The predicted molar refractivity (Wildman–Crippen MR) is 60.5 cm³/mol. The molecule has 0 amide bonds. The lowest BCUT2D eigenvalue weighted by Crippen LogP contribution is -2.11. The van der Waals surface area contributed by atoms with E-state index in [1.165, 1.54) is 16.4 Å². The molecule has 2 aromatic rings. The van der Waals surface area contributed by atoms with E-state index in [4.69, 9.17) is 23.2 Å². The number of hydrogen-bond acceptors (Lipinski definition) is 7. The van der Waals surface area contributed by atoms with Crippen molar-refractivity contribution in [3.05, 3.63) is 17.0 Å². The van der Waals surface area contributed by atoms with Gasteiger partial charge in [-0.25, -0.2) is 14.6 Å². The van der Waals surface area contributed by atoms with Gasteiger partial charge in [0.25, 0.3) is 0 Å². The first-order chi connectivity index (χ1) is 7.56. The summed E-state index contributed by atoms with van der Waals surface area (Å²) in [6, 6.07) is 1.58. The molecule has 0 fully saturated rings. The van der Waals surface area contributed by atoms with Gasteiger partial charge in [0.2, 0.25) is 11.1 Å². The highest BCUT2D eigenvalue weighted by atomic mass is 35.5. The Hall–Kier alpha value is -1.54. The van der Waals surface area contributed by atoms with Crippen molar-refractivity contribution in [3.8, 4) is 0 Å². The van der Waals surface area contributed by atoms with Gasteiger partial charge in [0.15, 0.2) is 0 Å². The number of nitrogens with zero attached hydrogens (tertiary/aromatic N) is 5. The van der Waals surface area contributed by atoms with E-state index in [0.29, 0.717) is 16.0 Å². The molecule has 0 unspecified atom stereocenters.